The molecule has 7 rings (SSSR count). The van der Waals surface area contributed by atoms with Gasteiger partial charge in [-0.1, -0.05) is 42.5 Å². The van der Waals surface area contributed by atoms with Crippen LogP contribution < -0.4 is 15.4 Å². The molecule has 0 aliphatic carbocycles. The quantitative estimate of drug-likeness (QED) is 0.149. The van der Waals surface area contributed by atoms with Crippen molar-refractivity contribution < 1.29 is 33.4 Å². The summed E-state index contributed by atoms with van der Waals surface area (Å²) in [6, 6.07) is 22.5. The smallest absolute Gasteiger partial charge is 0.407 e. The lowest BCUT2D eigenvalue weighted by molar-refractivity contribution is 0.0521. The number of rotatable bonds is 8. The lowest BCUT2D eigenvalue weighted by Gasteiger charge is -2.25. The summed E-state index contributed by atoms with van der Waals surface area (Å²) in [5, 5.41) is 7.95. The monoisotopic (exact) mass is 786 g/mol. The summed E-state index contributed by atoms with van der Waals surface area (Å²) >= 11 is 1.57. The molecule has 57 heavy (non-hydrogen) atoms. The summed E-state index contributed by atoms with van der Waals surface area (Å²) in [5.41, 5.74) is 6.36. The zero-order chi connectivity index (χ0) is 40.4. The third-order valence-electron chi connectivity index (χ3n) is 10.1. The molecule has 0 unspecified atom stereocenters. The number of pyridine rings is 1. The highest BCUT2D eigenvalue weighted by Gasteiger charge is 2.33. The number of carbonyl (C=O) groups is 4. The Morgan fingerprint density at radius 1 is 0.947 bits per heavy atom. The predicted molar refractivity (Wildman–Crippen MR) is 220 cm³/mol. The van der Waals surface area contributed by atoms with E-state index < -0.39 is 23.6 Å². The molecule has 4 heterocycles. The number of amides is 3. The number of thiophene rings is 1. The Labute approximate surface area is 336 Å². The molecule has 3 amide bonds. The molecule has 2 N–H and O–H groups in total. The van der Waals surface area contributed by atoms with E-state index in [1.54, 1.807) is 61.3 Å². The van der Waals surface area contributed by atoms with Gasteiger partial charge in [-0.3, -0.25) is 9.59 Å². The van der Waals surface area contributed by atoms with Crippen molar-refractivity contribution in [1.29, 1.82) is 0 Å². The van der Waals surface area contributed by atoms with Crippen LogP contribution in [0.5, 0.6) is 5.75 Å². The van der Waals surface area contributed by atoms with Gasteiger partial charge >= 0.3 is 12.1 Å². The van der Waals surface area contributed by atoms with E-state index >= 15 is 0 Å². The van der Waals surface area contributed by atoms with Crippen molar-refractivity contribution in [2.24, 2.45) is 0 Å². The van der Waals surface area contributed by atoms with Crippen LogP contribution in [0.4, 0.5) is 10.5 Å². The third kappa shape index (κ3) is 8.41. The molecule has 11 nitrogen and oxygen atoms in total. The molecule has 2 aliphatic rings. The minimum absolute atomic E-state index is 0.0903. The van der Waals surface area contributed by atoms with Crippen molar-refractivity contribution in [3.05, 3.63) is 123 Å². The molecule has 1 fully saturated rings. The molecule has 1 atom stereocenters. The molecule has 0 bridgehead atoms. The fraction of sp³-hybridized carbons (Fsp3) is 0.311. The first-order chi connectivity index (χ1) is 27.3. The van der Waals surface area contributed by atoms with E-state index in [2.05, 4.69) is 21.7 Å². The number of benzene rings is 3. The van der Waals surface area contributed by atoms with Gasteiger partial charge in [-0.05, 0) is 111 Å². The van der Waals surface area contributed by atoms with Crippen LogP contribution in [-0.4, -0.2) is 59.6 Å². The lowest BCUT2D eigenvalue weighted by atomic mass is 9.93. The van der Waals surface area contributed by atoms with Crippen molar-refractivity contribution in [1.82, 2.24) is 15.2 Å². The Bertz CT molecular complexity index is 2340. The van der Waals surface area contributed by atoms with Crippen molar-refractivity contribution in [2.45, 2.75) is 72.1 Å². The number of methoxy groups -OCH3 is 1. The van der Waals surface area contributed by atoms with Crippen LogP contribution >= 0.6 is 11.3 Å². The van der Waals surface area contributed by atoms with Crippen molar-refractivity contribution in [3.63, 3.8) is 0 Å². The number of alkyl carbamates (subject to hydrolysis) is 1. The minimum Gasteiger partial charge on any atom is -0.493 e. The second-order valence-electron chi connectivity index (χ2n) is 15.3. The molecule has 294 valence electrons. The summed E-state index contributed by atoms with van der Waals surface area (Å²) < 4.78 is 16.9. The highest BCUT2D eigenvalue weighted by Crippen LogP contribution is 2.44. The number of nitrogens with one attached hydrogen (secondary N) is 2. The number of nitrogens with zero attached hydrogens (tertiary/aromatic N) is 2. The number of carbonyl (C=O) groups excluding carboxylic acids is 4. The van der Waals surface area contributed by atoms with E-state index in [1.807, 2.05) is 61.7 Å². The van der Waals surface area contributed by atoms with Crippen LogP contribution in [0.1, 0.15) is 98.8 Å². The number of aromatic nitrogens is 1. The van der Waals surface area contributed by atoms with Gasteiger partial charge in [-0.2, -0.15) is 0 Å². The highest BCUT2D eigenvalue weighted by molar-refractivity contribution is 7.13. The maximum absolute atomic E-state index is 14.6. The van der Waals surface area contributed by atoms with Gasteiger partial charge in [-0.25, -0.2) is 14.6 Å². The summed E-state index contributed by atoms with van der Waals surface area (Å²) in [6.07, 6.45) is 1.85. The van der Waals surface area contributed by atoms with Crippen LogP contribution in [0.15, 0.2) is 78.2 Å². The summed E-state index contributed by atoms with van der Waals surface area (Å²) in [7, 11) is 1.26. The second kappa shape index (κ2) is 16.2. The first-order valence-electron chi connectivity index (χ1n) is 19.0. The third-order valence-corrected chi connectivity index (χ3v) is 11.1. The van der Waals surface area contributed by atoms with Crippen LogP contribution in [0, 0.1) is 13.8 Å². The summed E-state index contributed by atoms with van der Waals surface area (Å²) in [5.74, 6) is -0.886. The standard InChI is InChI=1S/C45H46N4O7S/c1-26-21-28(25-46-44(53)56-45(3,4)5)22-27(2)38(26)48-41(50)33-23-34-37(55-19-16-30-17-20-57-40(30)34)24-32(33)31-14-15-35(47-39(31)43(52)54-6)42(51)49-18-10-13-36(49)29-11-8-7-9-12-29/h7-9,11-12,14-15,17,20-24,36H,10,13,16,18-19,25H2,1-6H3,(H,46,53)(H,48,50)/t36-/m0/s1. The van der Waals surface area contributed by atoms with Gasteiger partial charge in [-0.15, -0.1) is 11.3 Å². The van der Waals surface area contributed by atoms with E-state index in [0.29, 0.717) is 42.1 Å². The molecule has 1 saturated heterocycles. The van der Waals surface area contributed by atoms with Gasteiger partial charge in [0.15, 0.2) is 5.69 Å². The van der Waals surface area contributed by atoms with Gasteiger partial charge < -0.3 is 29.7 Å². The number of fused-ring (bicyclic) bond motifs is 3. The van der Waals surface area contributed by atoms with Gasteiger partial charge in [0, 0.05) is 52.3 Å². The molecule has 2 aromatic heterocycles. The van der Waals surface area contributed by atoms with Gasteiger partial charge in [0.05, 0.1) is 19.8 Å². The second-order valence-corrected chi connectivity index (χ2v) is 16.2. The normalized spacial score (nSPS) is 14.8. The molecule has 3 aromatic carbocycles. The molecule has 12 heteroatoms. The Morgan fingerprint density at radius 2 is 1.70 bits per heavy atom. The molecule has 0 saturated carbocycles. The molecule has 2 aliphatic heterocycles. The largest absolute Gasteiger partial charge is 0.493 e. The molecule has 5 aromatic rings. The minimum atomic E-state index is -0.745. The fourth-order valence-corrected chi connectivity index (χ4v) is 8.55. The van der Waals surface area contributed by atoms with Crippen molar-refractivity contribution in [3.8, 4) is 27.3 Å². The molecular weight excluding hydrogens is 741 g/mol. The Morgan fingerprint density at radius 3 is 2.42 bits per heavy atom. The zero-order valence-electron chi connectivity index (χ0n) is 33.0. The lowest BCUT2D eigenvalue weighted by Crippen LogP contribution is -2.32. The first kappa shape index (κ1) is 39.2. The predicted octanol–water partition coefficient (Wildman–Crippen LogP) is 9.07. The topological polar surface area (TPSA) is 136 Å². The van der Waals surface area contributed by atoms with E-state index in [-0.39, 0.29) is 35.4 Å². The van der Waals surface area contributed by atoms with E-state index in [4.69, 9.17) is 14.2 Å². The molecular formula is C45H46N4O7S. The highest BCUT2D eigenvalue weighted by atomic mass is 32.1. The number of ether oxygens (including phenoxy) is 3. The molecule has 0 radical (unpaired) electrons. The zero-order valence-corrected chi connectivity index (χ0v) is 33.8. The van der Waals surface area contributed by atoms with Crippen molar-refractivity contribution in [2.75, 3.05) is 25.6 Å². The van der Waals surface area contributed by atoms with Gasteiger partial charge in [0.25, 0.3) is 11.8 Å². The van der Waals surface area contributed by atoms with Crippen LogP contribution in [0.3, 0.4) is 0 Å². The van der Waals surface area contributed by atoms with E-state index in [1.165, 1.54) is 7.11 Å². The maximum Gasteiger partial charge on any atom is 0.407 e. The Kier molecular flexibility index (Phi) is 11.2. The van der Waals surface area contributed by atoms with E-state index in [0.717, 1.165) is 51.1 Å². The SMILES string of the molecule is COC(=O)c1nc(C(=O)N2CCC[C@H]2c2ccccc2)ccc1-c1cc2c(cc1C(=O)Nc1c(C)cc(CNC(=O)OC(C)(C)C)cc1C)-c1sccc1CCO2. The van der Waals surface area contributed by atoms with Crippen LogP contribution in [0.2, 0.25) is 0 Å². The number of hydrogen-bond donors (Lipinski definition) is 2. The molecule has 0 spiro atoms. The van der Waals surface area contributed by atoms with Gasteiger partial charge in [0.1, 0.15) is 17.0 Å². The first-order valence-corrected chi connectivity index (χ1v) is 19.9. The number of likely N-dealkylation sites (tertiary alicyclic amines) is 1. The van der Waals surface area contributed by atoms with E-state index in [9.17, 15) is 19.2 Å². The average molecular weight is 787 g/mol. The number of hydrogen-bond acceptors (Lipinski definition) is 9. The number of aryl methyl sites for hydroxylation is 2. The van der Waals surface area contributed by atoms with Gasteiger partial charge in [0.2, 0.25) is 0 Å². The Balaban J connectivity index is 1.27. The Hall–Kier alpha value is -6.01. The van der Waals surface area contributed by atoms with Crippen LogP contribution in [-0.2, 0) is 22.4 Å². The maximum atomic E-state index is 14.6. The van der Waals surface area contributed by atoms with Crippen LogP contribution in [0.25, 0.3) is 21.6 Å². The fourth-order valence-electron chi connectivity index (χ4n) is 7.58. The summed E-state index contributed by atoms with van der Waals surface area (Å²) in [6.45, 7) is 10.4. The number of esters is 1. The summed E-state index contributed by atoms with van der Waals surface area (Å²) in [4.78, 5) is 62.0. The number of anilines is 1. The van der Waals surface area contributed by atoms with Crippen molar-refractivity contribution >= 4 is 40.9 Å². The average Bonchev–Trinajstić information content (AvgIpc) is 3.84.